The van der Waals surface area contributed by atoms with Gasteiger partial charge in [0.1, 0.15) is 11.9 Å². The van der Waals surface area contributed by atoms with Gasteiger partial charge in [-0.2, -0.15) is 0 Å². The minimum absolute atomic E-state index is 0.113. The summed E-state index contributed by atoms with van der Waals surface area (Å²) in [5, 5.41) is 3.51. The highest BCUT2D eigenvalue weighted by Crippen LogP contribution is 2.25. The van der Waals surface area contributed by atoms with Gasteiger partial charge in [0.25, 0.3) is 0 Å². The Labute approximate surface area is 133 Å². The van der Waals surface area contributed by atoms with Crippen LogP contribution in [-0.4, -0.2) is 29.0 Å². The summed E-state index contributed by atoms with van der Waals surface area (Å²) in [6.45, 7) is 8.21. The van der Waals surface area contributed by atoms with Crippen molar-refractivity contribution in [1.82, 2.24) is 10.3 Å². The number of nitrogens with zero attached hydrogens (tertiary/aromatic N) is 1. The molecule has 4 nitrogen and oxygen atoms in total. The Morgan fingerprint density at radius 2 is 2.05 bits per heavy atom. The van der Waals surface area contributed by atoms with E-state index in [-0.39, 0.29) is 12.0 Å². The van der Waals surface area contributed by atoms with Crippen LogP contribution in [0.3, 0.4) is 0 Å². The molecule has 1 saturated carbocycles. The molecule has 0 atom stereocenters. The molecule has 1 heterocycles. The van der Waals surface area contributed by atoms with Crippen LogP contribution < -0.4 is 10.1 Å². The van der Waals surface area contributed by atoms with Crippen molar-refractivity contribution in [2.24, 2.45) is 5.92 Å². The number of hydrogen-bond donors (Lipinski definition) is 1. The molecule has 0 saturated heterocycles. The van der Waals surface area contributed by atoms with E-state index in [1.807, 2.05) is 32.2 Å². The second-order valence-corrected chi connectivity index (χ2v) is 6.86. The average molecular weight is 304 g/mol. The monoisotopic (exact) mass is 304 g/mol. The normalized spacial score (nSPS) is 21.0. The van der Waals surface area contributed by atoms with Crippen LogP contribution in [0, 0.1) is 5.92 Å². The van der Waals surface area contributed by atoms with Crippen LogP contribution in [0.5, 0.6) is 5.88 Å². The van der Waals surface area contributed by atoms with E-state index < -0.39 is 0 Å². The second kappa shape index (κ2) is 7.73. The summed E-state index contributed by atoms with van der Waals surface area (Å²) in [4.78, 5) is 16.0. The number of aromatic nitrogens is 1. The smallest absolute Gasteiger partial charge is 0.213 e. The Morgan fingerprint density at radius 1 is 1.32 bits per heavy atom. The van der Waals surface area contributed by atoms with Gasteiger partial charge in [-0.25, -0.2) is 4.98 Å². The van der Waals surface area contributed by atoms with Gasteiger partial charge in [0.05, 0.1) is 0 Å². The zero-order valence-corrected chi connectivity index (χ0v) is 14.1. The highest BCUT2D eigenvalue weighted by atomic mass is 16.5. The lowest BCUT2D eigenvalue weighted by atomic mass is 9.89. The van der Waals surface area contributed by atoms with Gasteiger partial charge in [-0.15, -0.1) is 0 Å². The molecule has 0 aliphatic heterocycles. The predicted octanol–water partition coefficient (Wildman–Crippen LogP) is 3.15. The summed E-state index contributed by atoms with van der Waals surface area (Å²) in [5.74, 6) is 1.10. The molecule has 0 unspecified atom stereocenters. The topological polar surface area (TPSA) is 51.2 Å². The summed E-state index contributed by atoms with van der Waals surface area (Å²) in [5.41, 5.74) is 1.09. The summed E-state index contributed by atoms with van der Waals surface area (Å²) in [6.07, 6.45) is 5.54. The maximum absolute atomic E-state index is 11.6. The van der Waals surface area contributed by atoms with Crippen LogP contribution in [0.25, 0.3) is 0 Å². The fraction of sp³-hybridized carbons (Fsp3) is 0.667. The summed E-state index contributed by atoms with van der Waals surface area (Å²) >= 11 is 0. The molecule has 2 rings (SSSR count). The third-order valence-corrected chi connectivity index (χ3v) is 4.05. The maximum atomic E-state index is 11.6. The van der Waals surface area contributed by atoms with Gasteiger partial charge in [-0.3, -0.25) is 4.79 Å². The van der Waals surface area contributed by atoms with Crippen molar-refractivity contribution in [3.05, 3.63) is 23.9 Å². The molecule has 4 heteroatoms. The zero-order valence-electron chi connectivity index (χ0n) is 14.1. The highest BCUT2D eigenvalue weighted by molar-refractivity contribution is 5.80. The third kappa shape index (κ3) is 5.09. The first-order valence-electron chi connectivity index (χ1n) is 8.34. The van der Waals surface area contributed by atoms with Crippen molar-refractivity contribution in [2.45, 2.75) is 71.6 Å². The SMILES string of the molecule is CC(C)N[C@H]1C[C@H](Oc2ccc(CCC(=O)C(C)C)cn2)C1. The van der Waals surface area contributed by atoms with Crippen LogP contribution in [0.4, 0.5) is 0 Å². The van der Waals surface area contributed by atoms with Crippen molar-refractivity contribution in [2.75, 3.05) is 0 Å². The largest absolute Gasteiger partial charge is 0.474 e. The molecule has 1 aromatic heterocycles. The van der Waals surface area contributed by atoms with E-state index in [0.29, 0.717) is 30.2 Å². The maximum Gasteiger partial charge on any atom is 0.213 e. The molecule has 0 bridgehead atoms. The Balaban J connectivity index is 1.72. The first-order chi connectivity index (χ1) is 10.4. The molecule has 1 aliphatic carbocycles. The van der Waals surface area contributed by atoms with Crippen LogP contribution in [0.15, 0.2) is 18.3 Å². The lowest BCUT2D eigenvalue weighted by Crippen LogP contribution is -2.49. The summed E-state index contributed by atoms with van der Waals surface area (Å²) < 4.78 is 5.86. The standard InChI is InChI=1S/C18H28N2O2/c1-12(2)17(21)7-5-14-6-8-18(19-11-14)22-16-9-15(10-16)20-13(3)4/h6,8,11-13,15-16,20H,5,7,9-10H2,1-4H3/t15-,16-. The number of aryl methyl sites for hydroxylation is 1. The van der Waals surface area contributed by atoms with Crippen molar-refractivity contribution in [3.8, 4) is 5.88 Å². The Kier molecular flexibility index (Phi) is 5.95. The molecule has 0 radical (unpaired) electrons. The molecule has 0 amide bonds. The molecule has 0 spiro atoms. The number of Topliss-reactive ketones (excluding diaryl/α,β-unsaturated/α-hetero) is 1. The van der Waals surface area contributed by atoms with Crippen molar-refractivity contribution in [1.29, 1.82) is 0 Å². The number of pyridine rings is 1. The van der Waals surface area contributed by atoms with E-state index in [1.54, 1.807) is 0 Å². The fourth-order valence-electron chi connectivity index (χ4n) is 2.62. The Hall–Kier alpha value is -1.42. The minimum atomic E-state index is 0.113. The molecule has 1 aliphatic rings. The van der Waals surface area contributed by atoms with Gasteiger partial charge in [0.2, 0.25) is 5.88 Å². The second-order valence-electron chi connectivity index (χ2n) is 6.86. The average Bonchev–Trinajstić information content (AvgIpc) is 2.43. The quantitative estimate of drug-likeness (QED) is 0.801. The van der Waals surface area contributed by atoms with Crippen LogP contribution in [0.2, 0.25) is 0 Å². The number of carbonyl (C=O) groups is 1. The number of rotatable bonds is 8. The number of ether oxygens (including phenoxy) is 1. The van der Waals surface area contributed by atoms with Crippen LogP contribution in [-0.2, 0) is 11.2 Å². The van der Waals surface area contributed by atoms with Crippen molar-refractivity contribution >= 4 is 5.78 Å². The summed E-state index contributed by atoms with van der Waals surface area (Å²) in [7, 11) is 0. The van der Waals surface area contributed by atoms with Crippen LogP contribution >= 0.6 is 0 Å². The first kappa shape index (κ1) is 16.9. The van der Waals surface area contributed by atoms with E-state index in [1.165, 1.54) is 0 Å². The molecular formula is C18H28N2O2. The minimum Gasteiger partial charge on any atom is -0.474 e. The number of carbonyl (C=O) groups excluding carboxylic acids is 1. The third-order valence-electron chi connectivity index (χ3n) is 4.05. The zero-order chi connectivity index (χ0) is 16.1. The Bertz CT molecular complexity index is 476. The van der Waals surface area contributed by atoms with E-state index in [9.17, 15) is 4.79 Å². The number of nitrogens with one attached hydrogen (secondary N) is 1. The van der Waals surface area contributed by atoms with Gasteiger partial charge in [0, 0.05) is 36.7 Å². The van der Waals surface area contributed by atoms with Crippen molar-refractivity contribution < 1.29 is 9.53 Å². The molecule has 122 valence electrons. The Morgan fingerprint density at radius 3 is 2.59 bits per heavy atom. The van der Waals surface area contributed by atoms with E-state index in [2.05, 4.69) is 24.1 Å². The predicted molar refractivity (Wildman–Crippen MR) is 88.1 cm³/mol. The lowest BCUT2D eigenvalue weighted by molar-refractivity contribution is -0.121. The summed E-state index contributed by atoms with van der Waals surface area (Å²) in [6, 6.07) is 5.03. The molecule has 1 N–H and O–H groups in total. The number of ketones is 1. The van der Waals surface area contributed by atoms with E-state index in [4.69, 9.17) is 4.74 Å². The fourth-order valence-corrected chi connectivity index (χ4v) is 2.62. The number of hydrogen-bond acceptors (Lipinski definition) is 4. The molecule has 22 heavy (non-hydrogen) atoms. The van der Waals surface area contributed by atoms with Gasteiger partial charge < -0.3 is 10.1 Å². The van der Waals surface area contributed by atoms with Gasteiger partial charge in [0.15, 0.2) is 0 Å². The molecule has 1 aromatic rings. The first-order valence-corrected chi connectivity index (χ1v) is 8.34. The molecular weight excluding hydrogens is 276 g/mol. The van der Waals surface area contributed by atoms with Gasteiger partial charge in [-0.1, -0.05) is 33.8 Å². The highest BCUT2D eigenvalue weighted by Gasteiger charge is 2.31. The molecule has 1 fully saturated rings. The van der Waals surface area contributed by atoms with E-state index >= 15 is 0 Å². The van der Waals surface area contributed by atoms with Gasteiger partial charge in [-0.05, 0) is 24.8 Å². The lowest BCUT2D eigenvalue weighted by Gasteiger charge is -2.36. The van der Waals surface area contributed by atoms with Gasteiger partial charge >= 0.3 is 0 Å². The van der Waals surface area contributed by atoms with Crippen LogP contribution in [0.1, 0.15) is 52.5 Å². The van der Waals surface area contributed by atoms with E-state index in [0.717, 1.165) is 24.8 Å². The molecule has 0 aromatic carbocycles. The van der Waals surface area contributed by atoms with Crippen molar-refractivity contribution in [3.63, 3.8) is 0 Å².